The van der Waals surface area contributed by atoms with Crippen LogP contribution in [0.4, 0.5) is 4.79 Å². The number of ether oxygens (including phenoxy) is 1. The van der Waals surface area contributed by atoms with Crippen molar-refractivity contribution in [3.63, 3.8) is 0 Å². The zero-order chi connectivity index (χ0) is 25.5. The average Bonchev–Trinajstić information content (AvgIpc) is 3.24. The zero-order valence-corrected chi connectivity index (χ0v) is 20.4. The molecule has 2 aromatic heterocycles. The fourth-order valence-corrected chi connectivity index (χ4v) is 3.82. The van der Waals surface area contributed by atoms with Gasteiger partial charge in [-0.05, 0) is 37.0 Å². The first-order valence-corrected chi connectivity index (χ1v) is 11.7. The topological polar surface area (TPSA) is 119 Å². The quantitative estimate of drug-likeness (QED) is 0.369. The average molecular weight is 482 g/mol. The third-order valence-corrected chi connectivity index (χ3v) is 5.95. The van der Waals surface area contributed by atoms with Crippen molar-refractivity contribution in [2.45, 2.75) is 52.4 Å². The molecule has 186 valence electrons. The fourth-order valence-electron chi connectivity index (χ4n) is 3.82. The van der Waals surface area contributed by atoms with Crippen LogP contribution in [-0.2, 0) is 17.6 Å². The van der Waals surface area contributed by atoms with Gasteiger partial charge in [0.15, 0.2) is 5.78 Å². The molecule has 0 spiro atoms. The molecule has 2 unspecified atom stereocenters. The van der Waals surface area contributed by atoms with Gasteiger partial charge in [0.1, 0.15) is 28.4 Å². The van der Waals surface area contributed by atoms with Crippen molar-refractivity contribution in [2.24, 2.45) is 5.92 Å². The molecule has 0 saturated carbocycles. The van der Waals surface area contributed by atoms with Gasteiger partial charge in [-0.2, -0.15) is 0 Å². The molecule has 8 nitrogen and oxygen atoms in total. The monoisotopic (exact) mass is 481 g/mol. The first kappa shape index (κ1) is 25.8. The van der Waals surface area contributed by atoms with E-state index in [1.165, 1.54) is 19.4 Å². The minimum absolute atomic E-state index is 0.193. The molecule has 0 aliphatic rings. The van der Waals surface area contributed by atoms with Crippen LogP contribution in [0.2, 0.25) is 0 Å². The molecular formula is C27H31NO7. The van der Waals surface area contributed by atoms with Crippen molar-refractivity contribution in [2.75, 3.05) is 7.11 Å². The van der Waals surface area contributed by atoms with Crippen molar-refractivity contribution < 1.29 is 28.3 Å². The van der Waals surface area contributed by atoms with Gasteiger partial charge in [0, 0.05) is 35.9 Å². The minimum Gasteiger partial charge on any atom is -0.507 e. The van der Waals surface area contributed by atoms with E-state index < -0.39 is 23.4 Å². The van der Waals surface area contributed by atoms with E-state index in [0.717, 1.165) is 23.0 Å². The number of carbonyl (C=O) groups excluding carboxylic acids is 2. The van der Waals surface area contributed by atoms with Crippen LogP contribution in [0.1, 0.15) is 67.0 Å². The van der Waals surface area contributed by atoms with Crippen LogP contribution >= 0.6 is 0 Å². The zero-order valence-electron chi connectivity index (χ0n) is 20.4. The molecule has 1 amide bonds. The van der Waals surface area contributed by atoms with Gasteiger partial charge >= 0.3 is 11.7 Å². The van der Waals surface area contributed by atoms with Crippen LogP contribution in [0.5, 0.6) is 5.75 Å². The third kappa shape index (κ3) is 6.41. The van der Waals surface area contributed by atoms with Gasteiger partial charge in [0.2, 0.25) is 0 Å². The summed E-state index contributed by atoms with van der Waals surface area (Å²) in [5.41, 5.74) is 0.715. The fraction of sp³-hybridized carbons (Fsp3) is 0.370. The minimum atomic E-state index is -0.858. The van der Waals surface area contributed by atoms with E-state index in [0.29, 0.717) is 18.6 Å². The summed E-state index contributed by atoms with van der Waals surface area (Å²) < 4.78 is 15.8. The van der Waals surface area contributed by atoms with Gasteiger partial charge in [-0.25, -0.2) is 9.59 Å². The Kier molecular flexibility index (Phi) is 8.52. The molecule has 2 atom stereocenters. The molecule has 2 N–H and O–H groups in total. The molecule has 0 radical (unpaired) electrons. The summed E-state index contributed by atoms with van der Waals surface area (Å²) >= 11 is 0. The normalized spacial score (nSPS) is 13.1. The Balaban J connectivity index is 1.67. The van der Waals surface area contributed by atoms with Gasteiger partial charge in [0.25, 0.3) is 0 Å². The van der Waals surface area contributed by atoms with Crippen LogP contribution in [0.3, 0.4) is 0 Å². The van der Waals surface area contributed by atoms with Gasteiger partial charge in [-0.15, -0.1) is 0 Å². The van der Waals surface area contributed by atoms with Crippen LogP contribution in [0.15, 0.2) is 56.2 Å². The lowest BCUT2D eigenvalue weighted by Crippen LogP contribution is -2.22. The number of amides is 1. The van der Waals surface area contributed by atoms with Crippen LogP contribution < -0.4 is 10.9 Å². The number of allylic oxidation sites excluding steroid dienone is 1. The summed E-state index contributed by atoms with van der Waals surface area (Å²) in [7, 11) is 1.27. The standard InChI is InChI=1S/C27H31NO7/c1-5-18-9-10-19-14-20(34-23(19)13-18)12-17(3)25(30)24-21(29)15-22(35-26(24)31)16(2)8-6-7-11-28-27(32)33-4/h7,9-11,13-17,29H,5-6,8,12H2,1-4H3,(H,28,32)/b11-7+. The second-order valence-corrected chi connectivity index (χ2v) is 8.62. The number of hydrogen-bond donors (Lipinski definition) is 2. The Hall–Kier alpha value is -3.81. The molecule has 0 fully saturated rings. The largest absolute Gasteiger partial charge is 0.507 e. The third-order valence-electron chi connectivity index (χ3n) is 5.95. The maximum atomic E-state index is 13.0. The molecule has 0 aliphatic carbocycles. The second kappa shape index (κ2) is 11.6. The number of alkyl carbamates (subject to hydrolysis) is 1. The maximum absolute atomic E-state index is 13.0. The van der Waals surface area contributed by atoms with Gasteiger partial charge < -0.3 is 18.7 Å². The Morgan fingerprint density at radius 2 is 1.94 bits per heavy atom. The highest BCUT2D eigenvalue weighted by atomic mass is 16.5. The predicted octanol–water partition coefficient (Wildman–Crippen LogP) is 5.47. The van der Waals surface area contributed by atoms with Crippen molar-refractivity contribution in [1.82, 2.24) is 5.32 Å². The maximum Gasteiger partial charge on any atom is 0.410 e. The summed E-state index contributed by atoms with van der Waals surface area (Å²) in [6.07, 6.45) is 5.02. The second-order valence-electron chi connectivity index (χ2n) is 8.62. The van der Waals surface area contributed by atoms with E-state index in [2.05, 4.69) is 17.0 Å². The summed E-state index contributed by atoms with van der Waals surface area (Å²) in [6, 6.07) is 9.23. The number of methoxy groups -OCH3 is 1. The van der Waals surface area contributed by atoms with Crippen molar-refractivity contribution >= 4 is 22.8 Å². The van der Waals surface area contributed by atoms with E-state index in [-0.39, 0.29) is 29.4 Å². The van der Waals surface area contributed by atoms with E-state index in [9.17, 15) is 19.5 Å². The number of aryl methyl sites for hydroxylation is 1. The number of benzene rings is 1. The van der Waals surface area contributed by atoms with Gasteiger partial charge in [-0.1, -0.05) is 39.0 Å². The van der Waals surface area contributed by atoms with Crippen molar-refractivity contribution in [3.05, 3.63) is 75.7 Å². The molecular weight excluding hydrogens is 450 g/mol. The number of hydrogen-bond acceptors (Lipinski definition) is 7. The number of furan rings is 1. The van der Waals surface area contributed by atoms with Crippen LogP contribution in [-0.4, -0.2) is 24.1 Å². The summed E-state index contributed by atoms with van der Waals surface area (Å²) in [5.74, 6) is -0.748. The molecule has 0 bridgehead atoms. The summed E-state index contributed by atoms with van der Waals surface area (Å²) in [6.45, 7) is 5.60. The molecule has 2 heterocycles. The molecule has 0 aliphatic heterocycles. The van der Waals surface area contributed by atoms with Gasteiger partial charge in [0.05, 0.1) is 7.11 Å². The Bertz CT molecular complexity index is 1280. The number of fused-ring (bicyclic) bond motifs is 1. The number of rotatable bonds is 10. The number of nitrogens with one attached hydrogen (secondary N) is 1. The number of Topliss-reactive ketones (excluding diaryl/α,β-unsaturated/α-hetero) is 1. The van der Waals surface area contributed by atoms with E-state index in [4.69, 9.17) is 8.83 Å². The first-order valence-electron chi connectivity index (χ1n) is 11.7. The summed E-state index contributed by atoms with van der Waals surface area (Å²) in [4.78, 5) is 36.6. The van der Waals surface area contributed by atoms with E-state index in [1.54, 1.807) is 13.0 Å². The first-order chi connectivity index (χ1) is 16.7. The highest BCUT2D eigenvalue weighted by molar-refractivity contribution is 5.99. The van der Waals surface area contributed by atoms with E-state index in [1.807, 2.05) is 31.2 Å². The Morgan fingerprint density at radius 1 is 1.17 bits per heavy atom. The molecule has 1 aromatic carbocycles. The molecule has 8 heteroatoms. The predicted molar refractivity (Wildman–Crippen MR) is 132 cm³/mol. The van der Waals surface area contributed by atoms with Crippen LogP contribution in [0, 0.1) is 5.92 Å². The molecule has 3 rings (SSSR count). The SMILES string of the molecule is CCc1ccc2cc(CC(C)C(=O)c3c(O)cc(C(C)CC/C=C/NC(=O)OC)oc3=O)oc2c1. The smallest absolute Gasteiger partial charge is 0.410 e. The number of carbonyl (C=O) groups is 2. The number of ketones is 1. The Morgan fingerprint density at radius 3 is 2.63 bits per heavy atom. The molecule has 3 aromatic rings. The lowest BCUT2D eigenvalue weighted by Gasteiger charge is -2.13. The van der Waals surface area contributed by atoms with E-state index >= 15 is 0 Å². The molecule has 0 saturated heterocycles. The van der Waals surface area contributed by atoms with Crippen molar-refractivity contribution in [3.8, 4) is 5.75 Å². The summed E-state index contributed by atoms with van der Waals surface area (Å²) in [5, 5.41) is 13.9. The van der Waals surface area contributed by atoms with Crippen LogP contribution in [0.25, 0.3) is 11.0 Å². The lowest BCUT2D eigenvalue weighted by atomic mass is 9.94. The number of aromatic hydroxyl groups is 1. The highest BCUT2D eigenvalue weighted by Gasteiger charge is 2.26. The van der Waals surface area contributed by atoms with Gasteiger partial charge in [-0.3, -0.25) is 10.1 Å². The lowest BCUT2D eigenvalue weighted by molar-refractivity contribution is 0.0918. The van der Waals surface area contributed by atoms with Crippen molar-refractivity contribution in [1.29, 1.82) is 0 Å². The highest BCUT2D eigenvalue weighted by Crippen LogP contribution is 2.28. The Labute approximate surface area is 203 Å². The molecule has 35 heavy (non-hydrogen) atoms.